The molecule has 0 aromatic heterocycles. The van der Waals surface area contributed by atoms with Crippen LogP contribution in [0.5, 0.6) is 0 Å². The van der Waals surface area contributed by atoms with E-state index >= 15 is 0 Å². The summed E-state index contributed by atoms with van der Waals surface area (Å²) in [6.45, 7) is 0.869. The number of carbonyl (C=O) groups excluding carboxylic acids is 3. The number of hydrogen-bond donors (Lipinski definition) is 4. The molecule has 0 bridgehead atoms. The molecule has 156 valence electrons. The van der Waals surface area contributed by atoms with Gasteiger partial charge in [0, 0.05) is 24.7 Å². The van der Waals surface area contributed by atoms with Crippen molar-refractivity contribution in [1.82, 2.24) is 10.2 Å². The third-order valence-electron chi connectivity index (χ3n) is 5.27. The standard InChI is InChI=1S/C19H23Cl2N5O3/c20-19(21)8-11(19)9-25-18(29)14-6-3-7-26(14)15(27)10-24-13-5-2-1-4-12(13)16(22)17(23)28/h1-2,4-5,11,14,22,24H,3,6-10H2,(H2,23,28)(H,25,29)/p+1/t11-,14+/m1/s1. The number of para-hydroxylation sites is 1. The van der Waals surface area contributed by atoms with Crippen LogP contribution in [-0.4, -0.2) is 58.3 Å². The highest BCUT2D eigenvalue weighted by atomic mass is 35.5. The summed E-state index contributed by atoms with van der Waals surface area (Å²) < 4.78 is -0.750. The second kappa shape index (κ2) is 8.59. The smallest absolute Gasteiger partial charge is 0.313 e. The molecule has 0 unspecified atom stereocenters. The summed E-state index contributed by atoms with van der Waals surface area (Å²) >= 11 is 12.0. The van der Waals surface area contributed by atoms with E-state index in [0.717, 1.165) is 6.42 Å². The molecule has 1 aromatic carbocycles. The summed E-state index contributed by atoms with van der Waals surface area (Å²) in [5.74, 6) is -1.11. The Labute approximate surface area is 178 Å². The minimum absolute atomic E-state index is 0.0398. The normalized spacial score (nSPS) is 22.1. The maximum atomic E-state index is 12.7. The Hall–Kier alpha value is -2.32. The zero-order valence-corrected chi connectivity index (χ0v) is 17.3. The van der Waals surface area contributed by atoms with E-state index in [4.69, 9.17) is 34.3 Å². The second-order valence-electron chi connectivity index (χ2n) is 7.33. The summed E-state index contributed by atoms with van der Waals surface area (Å²) in [4.78, 5) is 38.2. The Morgan fingerprint density at radius 3 is 2.62 bits per heavy atom. The van der Waals surface area contributed by atoms with Crippen molar-refractivity contribution in [2.24, 2.45) is 11.7 Å². The van der Waals surface area contributed by atoms with E-state index in [-0.39, 0.29) is 30.0 Å². The Morgan fingerprint density at radius 1 is 1.28 bits per heavy atom. The van der Waals surface area contributed by atoms with Gasteiger partial charge in [0.15, 0.2) is 0 Å². The van der Waals surface area contributed by atoms with E-state index < -0.39 is 16.3 Å². The molecule has 1 heterocycles. The maximum Gasteiger partial charge on any atom is 0.313 e. The number of nitrogens with zero attached hydrogens (tertiary/aromatic N) is 1. The van der Waals surface area contributed by atoms with E-state index in [1.165, 1.54) is 0 Å². The van der Waals surface area contributed by atoms with Crippen LogP contribution in [-0.2, 0) is 14.4 Å². The van der Waals surface area contributed by atoms with Crippen LogP contribution < -0.4 is 21.8 Å². The van der Waals surface area contributed by atoms with Gasteiger partial charge >= 0.3 is 5.91 Å². The summed E-state index contributed by atoms with van der Waals surface area (Å²) in [6.07, 6.45) is 2.01. The highest BCUT2D eigenvalue weighted by Gasteiger charge is 2.51. The first-order valence-electron chi connectivity index (χ1n) is 9.41. The molecule has 2 aliphatic rings. The summed E-state index contributed by atoms with van der Waals surface area (Å²) in [5, 5.41) is 11.6. The van der Waals surface area contributed by atoms with Crippen LogP contribution in [0.3, 0.4) is 0 Å². The molecule has 1 aromatic rings. The van der Waals surface area contributed by atoms with Crippen LogP contribution in [0.4, 0.5) is 5.69 Å². The number of nitrogens with two attached hydrogens (primary N) is 2. The molecule has 1 saturated heterocycles. The number of anilines is 1. The predicted molar refractivity (Wildman–Crippen MR) is 110 cm³/mol. The predicted octanol–water partition coefficient (Wildman–Crippen LogP) is -0.567. The summed E-state index contributed by atoms with van der Waals surface area (Å²) in [6, 6.07) is 6.30. The fourth-order valence-corrected chi connectivity index (χ4v) is 3.97. The van der Waals surface area contributed by atoms with Crippen molar-refractivity contribution in [3.63, 3.8) is 0 Å². The molecular weight excluding hydrogens is 417 g/mol. The molecule has 0 radical (unpaired) electrons. The monoisotopic (exact) mass is 440 g/mol. The van der Waals surface area contributed by atoms with Crippen molar-refractivity contribution >= 4 is 52.3 Å². The lowest BCUT2D eigenvalue weighted by molar-refractivity contribution is -0.137. The van der Waals surface area contributed by atoms with Gasteiger partial charge in [-0.05, 0) is 31.4 Å². The number of benzene rings is 1. The number of likely N-dealkylation sites (tertiary alicyclic amines) is 1. The number of halogens is 2. The Balaban J connectivity index is 1.57. The minimum atomic E-state index is -0.750. The van der Waals surface area contributed by atoms with Crippen molar-refractivity contribution in [1.29, 1.82) is 0 Å². The summed E-state index contributed by atoms with van der Waals surface area (Å²) in [5.41, 5.74) is 6.11. The van der Waals surface area contributed by atoms with Gasteiger partial charge in [0.25, 0.3) is 5.71 Å². The quantitative estimate of drug-likeness (QED) is 0.318. The first-order valence-corrected chi connectivity index (χ1v) is 10.2. The van der Waals surface area contributed by atoms with Gasteiger partial charge in [-0.2, -0.15) is 0 Å². The van der Waals surface area contributed by atoms with Crippen molar-refractivity contribution in [2.45, 2.75) is 29.6 Å². The van der Waals surface area contributed by atoms with Gasteiger partial charge in [-0.25, -0.2) is 5.41 Å². The third-order valence-corrected chi connectivity index (χ3v) is 6.19. The molecule has 2 fully saturated rings. The third kappa shape index (κ3) is 5.00. The molecule has 3 amide bonds. The number of carbonyl (C=O) groups is 3. The fraction of sp³-hybridized carbons (Fsp3) is 0.474. The first-order chi connectivity index (χ1) is 13.7. The van der Waals surface area contributed by atoms with Crippen LogP contribution in [0, 0.1) is 5.92 Å². The molecule has 3 rings (SSSR count). The Kier molecular flexibility index (Phi) is 6.33. The molecule has 10 heteroatoms. The van der Waals surface area contributed by atoms with Crippen LogP contribution in [0.25, 0.3) is 0 Å². The van der Waals surface area contributed by atoms with Crippen LogP contribution >= 0.6 is 23.2 Å². The lowest BCUT2D eigenvalue weighted by atomic mass is 10.1. The summed E-state index contributed by atoms with van der Waals surface area (Å²) in [7, 11) is 0. The van der Waals surface area contributed by atoms with Gasteiger partial charge in [0.1, 0.15) is 10.4 Å². The van der Waals surface area contributed by atoms with Crippen LogP contribution in [0.2, 0.25) is 0 Å². The number of rotatable bonds is 8. The van der Waals surface area contributed by atoms with Gasteiger partial charge in [-0.15, -0.1) is 23.2 Å². The first kappa shape index (κ1) is 21.4. The van der Waals surface area contributed by atoms with E-state index in [0.29, 0.717) is 37.2 Å². The maximum absolute atomic E-state index is 12.7. The van der Waals surface area contributed by atoms with Gasteiger partial charge < -0.3 is 21.3 Å². The average Bonchev–Trinajstić information content (AvgIpc) is 3.07. The highest BCUT2D eigenvalue weighted by molar-refractivity contribution is 6.50. The number of amides is 3. The van der Waals surface area contributed by atoms with Crippen molar-refractivity contribution in [3.8, 4) is 0 Å². The molecule has 0 spiro atoms. The molecule has 6 N–H and O–H groups in total. The van der Waals surface area contributed by atoms with Crippen molar-refractivity contribution < 1.29 is 19.8 Å². The SMILES string of the molecule is NC(=O)C(=[NH2+])c1ccccc1NCC(=O)N1CCC[C@H]1C(=O)NC[C@H]1CC1(Cl)Cl. The van der Waals surface area contributed by atoms with E-state index in [2.05, 4.69) is 10.6 Å². The Morgan fingerprint density at radius 2 is 1.97 bits per heavy atom. The molecule has 2 atom stereocenters. The molecule has 1 aliphatic heterocycles. The zero-order chi connectivity index (χ0) is 21.2. The number of primary amides is 1. The largest absolute Gasteiger partial charge is 0.375 e. The molecule has 1 aliphatic carbocycles. The van der Waals surface area contributed by atoms with Gasteiger partial charge in [-0.3, -0.25) is 14.4 Å². The van der Waals surface area contributed by atoms with E-state index in [1.807, 2.05) is 0 Å². The number of alkyl halides is 2. The molecular formula is C19H24Cl2N5O3+. The molecule has 8 nitrogen and oxygen atoms in total. The zero-order valence-electron chi connectivity index (χ0n) is 15.8. The van der Waals surface area contributed by atoms with Crippen molar-refractivity contribution in [2.75, 3.05) is 25.0 Å². The van der Waals surface area contributed by atoms with E-state index in [9.17, 15) is 14.4 Å². The lowest BCUT2D eigenvalue weighted by Crippen LogP contribution is -2.49. The average molecular weight is 441 g/mol. The van der Waals surface area contributed by atoms with Gasteiger partial charge in [-0.1, -0.05) is 12.1 Å². The van der Waals surface area contributed by atoms with Crippen LogP contribution in [0.15, 0.2) is 24.3 Å². The number of hydrogen-bond acceptors (Lipinski definition) is 4. The lowest BCUT2D eigenvalue weighted by Gasteiger charge is -2.24. The number of nitrogens with one attached hydrogen (secondary N) is 2. The minimum Gasteiger partial charge on any atom is -0.375 e. The van der Waals surface area contributed by atoms with Gasteiger partial charge in [0.2, 0.25) is 11.8 Å². The molecule has 1 saturated carbocycles. The van der Waals surface area contributed by atoms with E-state index in [1.54, 1.807) is 29.2 Å². The Bertz CT molecular complexity index is 845. The van der Waals surface area contributed by atoms with Crippen molar-refractivity contribution in [3.05, 3.63) is 29.8 Å². The van der Waals surface area contributed by atoms with Crippen LogP contribution in [0.1, 0.15) is 24.8 Å². The molecule has 29 heavy (non-hydrogen) atoms. The topological polar surface area (TPSA) is 130 Å². The fourth-order valence-electron chi connectivity index (χ4n) is 3.45. The highest BCUT2D eigenvalue weighted by Crippen LogP contribution is 2.52. The second-order valence-corrected chi connectivity index (χ2v) is 8.87. The van der Waals surface area contributed by atoms with Gasteiger partial charge in [0.05, 0.1) is 12.1 Å².